The second-order valence-corrected chi connectivity index (χ2v) is 9.44. The average molecular weight is 414 g/mol. The number of fused-ring (bicyclic) bond motifs is 1. The van der Waals surface area contributed by atoms with Crippen LogP contribution in [0.5, 0.6) is 0 Å². The highest BCUT2D eigenvalue weighted by Gasteiger charge is 2.46. The van der Waals surface area contributed by atoms with Gasteiger partial charge < -0.3 is 0 Å². The smallest absolute Gasteiger partial charge is 0.251 e. The summed E-state index contributed by atoms with van der Waals surface area (Å²) in [5.41, 5.74) is 3.10. The fraction of sp³-hybridized carbons (Fsp3) is 0.174. The maximum atomic E-state index is 13.2. The fourth-order valence-electron chi connectivity index (χ4n) is 3.66. The van der Waals surface area contributed by atoms with Gasteiger partial charge in [-0.1, -0.05) is 23.8 Å². The number of benzene rings is 1. The number of hydrogen-bond acceptors (Lipinski definition) is 5. The van der Waals surface area contributed by atoms with E-state index in [2.05, 4.69) is 11.1 Å². The van der Waals surface area contributed by atoms with E-state index in [1.165, 1.54) is 10.2 Å². The Morgan fingerprint density at radius 2 is 1.83 bits per heavy atom. The van der Waals surface area contributed by atoms with Crippen LogP contribution in [-0.4, -0.2) is 22.4 Å². The highest BCUT2D eigenvalue weighted by Crippen LogP contribution is 2.47. The zero-order chi connectivity index (χ0) is 20.9. The molecule has 7 heteroatoms. The Labute approximate surface area is 174 Å². The first kappa shape index (κ1) is 18.5. The zero-order valence-corrected chi connectivity index (χ0v) is 17.1. The Hall–Kier alpha value is -3.50. The minimum Gasteiger partial charge on any atom is -0.251 e. The third-order valence-corrected chi connectivity index (χ3v) is 7.29. The number of aryl methyl sites for hydroxylation is 1. The lowest BCUT2D eigenvalue weighted by molar-refractivity contribution is 0.588. The molecular weight excluding hydrogens is 396 g/mol. The topological polar surface area (TPSA) is 88.6 Å². The van der Waals surface area contributed by atoms with Crippen molar-refractivity contribution in [1.29, 1.82) is 5.26 Å². The quantitative estimate of drug-likeness (QED) is 0.499. The third-order valence-electron chi connectivity index (χ3n) is 5.61. The van der Waals surface area contributed by atoms with E-state index in [4.69, 9.17) is 4.98 Å². The third kappa shape index (κ3) is 2.80. The van der Waals surface area contributed by atoms with Gasteiger partial charge in [0.05, 0.1) is 27.8 Å². The Kier molecular flexibility index (Phi) is 4.02. The molecule has 0 radical (unpaired) electrons. The Bertz CT molecular complexity index is 1430. The lowest BCUT2D eigenvalue weighted by Crippen LogP contribution is -2.12. The van der Waals surface area contributed by atoms with E-state index in [1.54, 1.807) is 36.5 Å². The molecule has 1 aliphatic rings. The number of aromatic nitrogens is 3. The summed E-state index contributed by atoms with van der Waals surface area (Å²) < 4.78 is 27.6. The van der Waals surface area contributed by atoms with E-state index in [1.807, 2.05) is 31.2 Å². The molecule has 1 fully saturated rings. The molecule has 0 bridgehead atoms. The Balaban J connectivity index is 1.64. The van der Waals surface area contributed by atoms with Gasteiger partial charge in [-0.05, 0) is 56.2 Å². The highest BCUT2D eigenvalue weighted by atomic mass is 32.2. The summed E-state index contributed by atoms with van der Waals surface area (Å²) in [5, 5.41) is 10.2. The van der Waals surface area contributed by atoms with Gasteiger partial charge in [0.25, 0.3) is 10.0 Å². The van der Waals surface area contributed by atoms with Crippen molar-refractivity contribution in [3.05, 3.63) is 78.2 Å². The monoisotopic (exact) mass is 414 g/mol. The molecule has 0 saturated heterocycles. The predicted molar refractivity (Wildman–Crippen MR) is 113 cm³/mol. The van der Waals surface area contributed by atoms with Crippen molar-refractivity contribution in [3.8, 4) is 17.3 Å². The molecule has 3 aromatic heterocycles. The fourth-order valence-corrected chi connectivity index (χ4v) is 4.96. The SMILES string of the molecule is Cc1ccc(S(=O)(=O)n2ccc3c(-c4cccc(C5(C#N)CC5)n4)ccnc32)cc1. The summed E-state index contributed by atoms with van der Waals surface area (Å²) in [6.45, 7) is 1.91. The van der Waals surface area contributed by atoms with Gasteiger partial charge in [-0.3, -0.25) is 4.98 Å². The molecule has 30 heavy (non-hydrogen) atoms. The molecule has 1 aliphatic carbocycles. The summed E-state index contributed by atoms with van der Waals surface area (Å²) in [6.07, 6.45) is 4.75. The first-order chi connectivity index (χ1) is 14.4. The van der Waals surface area contributed by atoms with Gasteiger partial charge in [0.2, 0.25) is 0 Å². The molecule has 148 valence electrons. The van der Waals surface area contributed by atoms with Crippen LogP contribution in [0.1, 0.15) is 24.1 Å². The molecule has 0 unspecified atom stereocenters. The first-order valence-corrected chi connectivity index (χ1v) is 11.1. The van der Waals surface area contributed by atoms with Crippen molar-refractivity contribution in [1.82, 2.24) is 13.9 Å². The molecule has 1 aromatic carbocycles. The van der Waals surface area contributed by atoms with Crippen molar-refractivity contribution in [2.24, 2.45) is 0 Å². The zero-order valence-electron chi connectivity index (χ0n) is 16.3. The van der Waals surface area contributed by atoms with Crippen molar-refractivity contribution in [2.75, 3.05) is 0 Å². The van der Waals surface area contributed by atoms with Gasteiger partial charge >= 0.3 is 0 Å². The van der Waals surface area contributed by atoms with Gasteiger partial charge in [0.1, 0.15) is 0 Å². The van der Waals surface area contributed by atoms with Crippen LogP contribution in [0.15, 0.2) is 71.9 Å². The van der Waals surface area contributed by atoms with Gasteiger partial charge in [-0.25, -0.2) is 17.4 Å². The van der Waals surface area contributed by atoms with Crippen LogP contribution in [0.4, 0.5) is 0 Å². The van der Waals surface area contributed by atoms with E-state index in [9.17, 15) is 13.7 Å². The van der Waals surface area contributed by atoms with Crippen LogP contribution < -0.4 is 0 Å². The van der Waals surface area contributed by atoms with Crippen LogP contribution in [0.25, 0.3) is 22.3 Å². The lowest BCUT2D eigenvalue weighted by atomic mass is 10.0. The summed E-state index contributed by atoms with van der Waals surface area (Å²) in [4.78, 5) is 9.28. The maximum Gasteiger partial charge on any atom is 0.269 e. The minimum atomic E-state index is -3.77. The number of pyridine rings is 2. The van der Waals surface area contributed by atoms with Gasteiger partial charge in [-0.2, -0.15) is 5.26 Å². The van der Waals surface area contributed by atoms with Gasteiger partial charge in [-0.15, -0.1) is 0 Å². The average Bonchev–Trinajstić information content (AvgIpc) is 3.44. The molecule has 6 nitrogen and oxygen atoms in total. The van der Waals surface area contributed by atoms with Crippen molar-refractivity contribution in [3.63, 3.8) is 0 Å². The number of nitriles is 1. The molecule has 0 amide bonds. The van der Waals surface area contributed by atoms with Crippen molar-refractivity contribution in [2.45, 2.75) is 30.1 Å². The Morgan fingerprint density at radius 1 is 1.07 bits per heavy atom. The molecule has 1 saturated carbocycles. The second-order valence-electron chi connectivity index (χ2n) is 7.63. The lowest BCUT2D eigenvalue weighted by Gasteiger charge is -2.10. The summed E-state index contributed by atoms with van der Waals surface area (Å²) >= 11 is 0. The van der Waals surface area contributed by atoms with Crippen LogP contribution in [-0.2, 0) is 15.4 Å². The highest BCUT2D eigenvalue weighted by molar-refractivity contribution is 7.90. The molecular formula is C23H18N4O2S. The molecule has 0 aliphatic heterocycles. The molecule has 0 atom stereocenters. The van der Waals surface area contributed by atoms with E-state index in [0.29, 0.717) is 16.7 Å². The Morgan fingerprint density at radius 3 is 2.53 bits per heavy atom. The van der Waals surface area contributed by atoms with Crippen LogP contribution >= 0.6 is 0 Å². The summed E-state index contributed by atoms with van der Waals surface area (Å²) in [7, 11) is -3.77. The molecule has 5 rings (SSSR count). The summed E-state index contributed by atoms with van der Waals surface area (Å²) in [6, 6.07) is 18.3. The summed E-state index contributed by atoms with van der Waals surface area (Å²) in [5.74, 6) is 0. The van der Waals surface area contributed by atoms with E-state index >= 15 is 0 Å². The van der Waals surface area contributed by atoms with Gasteiger partial charge in [0.15, 0.2) is 5.65 Å². The van der Waals surface area contributed by atoms with Gasteiger partial charge in [0, 0.05) is 23.3 Å². The van der Waals surface area contributed by atoms with E-state index < -0.39 is 15.4 Å². The molecule has 0 N–H and O–H groups in total. The minimum absolute atomic E-state index is 0.211. The van der Waals surface area contributed by atoms with E-state index in [0.717, 1.165) is 29.7 Å². The maximum absolute atomic E-state index is 13.2. The van der Waals surface area contributed by atoms with Crippen LogP contribution in [0.3, 0.4) is 0 Å². The van der Waals surface area contributed by atoms with Crippen LogP contribution in [0, 0.1) is 18.3 Å². The number of rotatable bonds is 4. The molecule has 3 heterocycles. The standard InChI is InChI=1S/C23H18N4O2S/c1-16-5-7-17(8-6-16)30(28,29)27-14-10-19-18(9-13-25-22(19)27)20-3-2-4-21(26-20)23(15-24)11-12-23/h2-10,13-14H,11-12H2,1H3. The predicted octanol–water partition coefficient (Wildman–Crippen LogP) is 4.20. The largest absolute Gasteiger partial charge is 0.269 e. The normalized spacial score (nSPS) is 15.1. The van der Waals surface area contributed by atoms with E-state index in [-0.39, 0.29) is 4.90 Å². The van der Waals surface area contributed by atoms with Crippen LogP contribution in [0.2, 0.25) is 0 Å². The molecule has 4 aromatic rings. The number of nitrogens with zero attached hydrogens (tertiary/aromatic N) is 4. The van der Waals surface area contributed by atoms with Crippen molar-refractivity contribution < 1.29 is 8.42 Å². The second kappa shape index (κ2) is 6.51. The number of hydrogen-bond donors (Lipinski definition) is 0. The molecule has 0 spiro atoms. The first-order valence-electron chi connectivity index (χ1n) is 9.62. The van der Waals surface area contributed by atoms with Crippen molar-refractivity contribution >= 4 is 21.1 Å².